The Balaban J connectivity index is 0.921. The summed E-state index contributed by atoms with van der Waals surface area (Å²) in [6.45, 7) is 3.92. The van der Waals surface area contributed by atoms with E-state index in [-0.39, 0.29) is 30.0 Å². The van der Waals surface area contributed by atoms with Gasteiger partial charge in [0.05, 0.1) is 40.5 Å². The smallest absolute Gasteiger partial charge is 0.320 e. The lowest BCUT2D eigenvalue weighted by molar-refractivity contribution is 0.0649. The molecule has 0 saturated heterocycles. The Kier molecular flexibility index (Phi) is 19.3. The van der Waals surface area contributed by atoms with E-state index in [2.05, 4.69) is 47.1 Å². The third kappa shape index (κ3) is 16.6. The van der Waals surface area contributed by atoms with E-state index >= 15 is 0 Å². The maximum Gasteiger partial charge on any atom is 0.320 e. The number of unbranched alkanes of at least 4 members (excludes halogenated alkanes) is 1. The molecule has 0 fully saturated rings. The van der Waals surface area contributed by atoms with Crippen molar-refractivity contribution < 1.29 is 32.7 Å². The molecule has 0 unspecified atom stereocenters. The molecule has 0 aliphatic carbocycles. The molecule has 8 aromatic rings. The first-order valence-electron chi connectivity index (χ1n) is 26.5. The van der Waals surface area contributed by atoms with Crippen LogP contribution in [-0.4, -0.2) is 84.8 Å². The van der Waals surface area contributed by atoms with Gasteiger partial charge >= 0.3 is 12.1 Å². The summed E-state index contributed by atoms with van der Waals surface area (Å²) in [6, 6.07) is 47.1. The van der Waals surface area contributed by atoms with Crippen molar-refractivity contribution in [2.75, 3.05) is 36.9 Å². The Morgan fingerprint density at radius 1 is 0.487 bits per heavy atom. The molecule has 5 heterocycles. The number of carbonyl (C=O) groups is 4. The number of hydrogen-bond donors (Lipinski definition) is 4. The van der Waals surface area contributed by atoms with Crippen LogP contribution in [0.25, 0.3) is 0 Å². The highest BCUT2D eigenvalue weighted by atomic mass is 19.1. The van der Waals surface area contributed by atoms with Gasteiger partial charge in [-0.15, -0.1) is 0 Å². The highest BCUT2D eigenvalue weighted by Gasteiger charge is 2.34. The van der Waals surface area contributed by atoms with Crippen LogP contribution in [0.15, 0.2) is 176 Å². The number of hydrogen-bond acceptors (Lipinski definition) is 11. The molecule has 16 nitrogen and oxygen atoms in total. The molecule has 408 valence electrons. The number of ether oxygens (including phenoxy) is 1. The summed E-state index contributed by atoms with van der Waals surface area (Å²) in [6.07, 6.45) is 5.71. The van der Waals surface area contributed by atoms with E-state index in [0.29, 0.717) is 125 Å². The van der Waals surface area contributed by atoms with Gasteiger partial charge in [0.1, 0.15) is 29.0 Å². The van der Waals surface area contributed by atoms with E-state index < -0.39 is 12.1 Å². The van der Waals surface area contributed by atoms with E-state index in [4.69, 9.17) is 14.7 Å². The number of urea groups is 2. The Labute approximate surface area is 463 Å². The van der Waals surface area contributed by atoms with Crippen molar-refractivity contribution in [2.45, 2.75) is 65.0 Å². The fourth-order valence-electron chi connectivity index (χ4n) is 9.29. The van der Waals surface area contributed by atoms with Crippen LogP contribution >= 0.6 is 0 Å². The molecule has 6 amide bonds. The molecule has 4 N–H and O–H groups in total. The number of aromatic nitrogens is 4. The van der Waals surface area contributed by atoms with E-state index in [0.717, 1.165) is 33.6 Å². The van der Waals surface area contributed by atoms with Gasteiger partial charge < -0.3 is 15.4 Å². The number of imide groups is 1. The van der Waals surface area contributed by atoms with Crippen molar-refractivity contribution in [1.29, 1.82) is 0 Å². The number of nitrogens with one attached hydrogen (secondary N) is 4. The number of carbonyl (C=O) groups excluding carboxylic acids is 4. The lowest BCUT2D eigenvalue weighted by Gasteiger charge is -2.25. The normalized spacial score (nSPS) is 11.9. The van der Waals surface area contributed by atoms with Crippen LogP contribution in [0.5, 0.6) is 5.75 Å². The number of nitrogens with zero attached hydrogens (tertiary/aromatic N) is 7. The van der Waals surface area contributed by atoms with E-state index in [1.165, 1.54) is 29.2 Å². The summed E-state index contributed by atoms with van der Waals surface area (Å²) in [5.41, 5.74) is 7.66. The summed E-state index contributed by atoms with van der Waals surface area (Å²) < 4.78 is 33.3. The van der Waals surface area contributed by atoms with Crippen LogP contribution in [-0.2, 0) is 52.1 Å². The summed E-state index contributed by atoms with van der Waals surface area (Å²) in [4.78, 5) is 76.8. The van der Waals surface area contributed by atoms with Crippen LogP contribution < -0.4 is 26.0 Å². The molecular formula is C62H61F2N11O5. The third-order valence-corrected chi connectivity index (χ3v) is 13.1. The molecule has 1 aliphatic rings. The third-order valence-electron chi connectivity index (χ3n) is 13.1. The second-order valence-electron chi connectivity index (χ2n) is 19.3. The lowest BCUT2D eigenvalue weighted by atomic mass is 10.1. The predicted octanol–water partition coefficient (Wildman–Crippen LogP) is 10.1. The first-order chi connectivity index (χ1) is 39.0. The standard InChI is InChI=1S/C62H61F2N11O5/c63-48-23-19-44(20-24-48)27-31-67-61(78)71-57-17-9-13-52(69-57)42-73(40-50-11-3-5-29-65-50)38-46-35-47(37-54(36-46)80-34-8-7-33-75-59(76)55-15-1-2-16-56(55)60(75)77)39-74(41-51-12-4-6-30-66-51)43-53-14-10-18-58(70-53)72-62(79)68-32-28-45-21-25-49(64)26-22-45/h1-6,9-26,29-30,35-37H,7-8,27-28,31-34,38-43H2,(H2,67,69,71,78)(H2,68,70,72,79). The molecular weight excluding hydrogens is 1020 g/mol. The minimum absolute atomic E-state index is 0.270. The average molecular weight is 1080 g/mol. The summed E-state index contributed by atoms with van der Waals surface area (Å²) in [5.74, 6) is 0.197. The fourth-order valence-corrected chi connectivity index (χ4v) is 9.29. The van der Waals surface area contributed by atoms with Crippen LogP contribution in [0.3, 0.4) is 0 Å². The molecule has 0 atom stereocenters. The second-order valence-corrected chi connectivity index (χ2v) is 19.3. The maximum absolute atomic E-state index is 13.4. The van der Waals surface area contributed by atoms with Gasteiger partial charge in [-0.05, 0) is 145 Å². The maximum atomic E-state index is 13.4. The van der Waals surface area contributed by atoms with Crippen LogP contribution in [0, 0.1) is 11.6 Å². The minimum atomic E-state index is -0.411. The van der Waals surface area contributed by atoms with E-state index in [1.807, 2.05) is 72.8 Å². The van der Waals surface area contributed by atoms with Crippen molar-refractivity contribution >= 4 is 35.5 Å². The average Bonchev–Trinajstić information content (AvgIpc) is 3.75. The summed E-state index contributed by atoms with van der Waals surface area (Å²) in [7, 11) is 0. The highest BCUT2D eigenvalue weighted by molar-refractivity contribution is 6.21. The summed E-state index contributed by atoms with van der Waals surface area (Å²) >= 11 is 0. The zero-order valence-electron chi connectivity index (χ0n) is 44.1. The first kappa shape index (κ1) is 55.5. The fraction of sp³-hybridized carbons (Fsp3) is 0.226. The van der Waals surface area contributed by atoms with Gasteiger partial charge in [0.15, 0.2) is 0 Å². The minimum Gasteiger partial charge on any atom is -0.494 e. The molecule has 4 aromatic heterocycles. The van der Waals surface area contributed by atoms with Crippen LogP contribution in [0.1, 0.15) is 78.6 Å². The number of halogens is 2. The molecule has 18 heteroatoms. The molecule has 0 spiro atoms. The SMILES string of the molecule is O=C(NCCc1ccc(F)cc1)Nc1cccc(CN(Cc2cc(CN(Cc3ccccn3)Cc3cccc(NC(=O)NCCc4ccc(F)cc4)n3)cc(OCCCCN3C(=O)c4ccccc4C3=O)c2)Cc2ccccn2)n1. The predicted molar refractivity (Wildman–Crippen MR) is 300 cm³/mol. The quantitative estimate of drug-likeness (QED) is 0.0299. The Morgan fingerprint density at radius 2 is 0.938 bits per heavy atom. The van der Waals surface area contributed by atoms with E-state index in [9.17, 15) is 28.0 Å². The van der Waals surface area contributed by atoms with Crippen molar-refractivity contribution in [3.8, 4) is 5.75 Å². The monoisotopic (exact) mass is 1080 g/mol. The van der Waals surface area contributed by atoms with Crippen LogP contribution in [0.2, 0.25) is 0 Å². The lowest BCUT2D eigenvalue weighted by Crippen LogP contribution is -2.31. The highest BCUT2D eigenvalue weighted by Crippen LogP contribution is 2.26. The van der Waals surface area contributed by atoms with Gasteiger partial charge in [0, 0.05) is 71.3 Å². The molecule has 80 heavy (non-hydrogen) atoms. The zero-order chi connectivity index (χ0) is 55.5. The summed E-state index contributed by atoms with van der Waals surface area (Å²) in [5, 5.41) is 11.4. The number of amides is 6. The van der Waals surface area contributed by atoms with E-state index in [1.54, 1.807) is 73.1 Å². The van der Waals surface area contributed by atoms with Gasteiger partial charge in [-0.2, -0.15) is 0 Å². The number of pyridine rings is 4. The van der Waals surface area contributed by atoms with Crippen molar-refractivity contribution in [3.05, 3.63) is 244 Å². The topological polar surface area (TPSA) is 187 Å². The molecule has 0 bridgehead atoms. The largest absolute Gasteiger partial charge is 0.494 e. The molecule has 9 rings (SSSR count). The number of rotatable bonds is 26. The van der Waals surface area contributed by atoms with Gasteiger partial charge in [-0.25, -0.2) is 28.3 Å². The molecule has 4 aromatic carbocycles. The number of benzene rings is 4. The molecule has 0 radical (unpaired) electrons. The van der Waals surface area contributed by atoms with Gasteiger partial charge in [0.2, 0.25) is 0 Å². The first-order valence-corrected chi connectivity index (χ1v) is 26.5. The molecule has 1 aliphatic heterocycles. The van der Waals surface area contributed by atoms with Crippen LogP contribution in [0.4, 0.5) is 30.0 Å². The van der Waals surface area contributed by atoms with Crippen molar-refractivity contribution in [3.63, 3.8) is 0 Å². The number of anilines is 2. The van der Waals surface area contributed by atoms with Crippen molar-refractivity contribution in [1.82, 2.24) is 45.3 Å². The van der Waals surface area contributed by atoms with Gasteiger partial charge in [-0.3, -0.25) is 44.9 Å². The molecule has 0 saturated carbocycles. The number of fused-ring (bicyclic) bond motifs is 1. The van der Waals surface area contributed by atoms with Crippen molar-refractivity contribution in [2.24, 2.45) is 0 Å². The zero-order valence-corrected chi connectivity index (χ0v) is 44.1. The Morgan fingerprint density at radius 3 is 1.40 bits per heavy atom. The Hall–Kier alpha value is -9.26. The van der Waals surface area contributed by atoms with Gasteiger partial charge in [0.25, 0.3) is 11.8 Å². The Bertz CT molecular complexity index is 3150. The second kappa shape index (κ2) is 27.9. The van der Waals surface area contributed by atoms with Gasteiger partial charge in [-0.1, -0.05) is 66.7 Å².